The number of carbonyl (C=O) groups excluding carboxylic acids is 1. The summed E-state index contributed by atoms with van der Waals surface area (Å²) in [6.07, 6.45) is 0. The lowest BCUT2D eigenvalue weighted by Crippen LogP contribution is -2.01. The largest absolute Gasteiger partial charge is 0.398 e. The van der Waals surface area contributed by atoms with Crippen LogP contribution >= 0.6 is 11.3 Å². The van der Waals surface area contributed by atoms with E-state index < -0.39 is 0 Å². The van der Waals surface area contributed by atoms with Crippen LogP contribution in [0.1, 0.15) is 17.3 Å². The molecule has 0 aliphatic rings. The zero-order chi connectivity index (χ0) is 14.1. The van der Waals surface area contributed by atoms with E-state index in [-0.39, 0.29) is 5.78 Å². The predicted octanol–water partition coefficient (Wildman–Crippen LogP) is 3.82. The Hall–Kier alpha value is -2.40. The zero-order valence-electron chi connectivity index (χ0n) is 10.9. The van der Waals surface area contributed by atoms with Crippen molar-refractivity contribution in [1.82, 2.24) is 4.98 Å². The van der Waals surface area contributed by atoms with Gasteiger partial charge in [-0.2, -0.15) is 0 Å². The normalized spacial score (nSPS) is 10.7. The maximum Gasteiger partial charge on any atom is 0.161 e. The number of carbonyl (C=O) groups is 1. The quantitative estimate of drug-likeness (QED) is 0.566. The standard InChI is InChI=1S/C15H13N3OS/c1-9(19)12-6-10(2-4-13(12)16)18-11-3-5-14-15(7-11)20-8-17-14/h2-8,18H,16H2,1H3. The molecule has 1 heterocycles. The molecule has 0 spiro atoms. The summed E-state index contributed by atoms with van der Waals surface area (Å²) in [6, 6.07) is 11.3. The van der Waals surface area contributed by atoms with Crippen LogP contribution in [0.3, 0.4) is 0 Å². The van der Waals surface area contributed by atoms with E-state index in [1.54, 1.807) is 23.5 Å². The average molecular weight is 283 g/mol. The second kappa shape index (κ2) is 4.94. The number of anilines is 3. The highest BCUT2D eigenvalue weighted by Gasteiger charge is 2.06. The van der Waals surface area contributed by atoms with Crippen molar-refractivity contribution in [2.45, 2.75) is 6.92 Å². The van der Waals surface area contributed by atoms with Gasteiger partial charge in [-0.1, -0.05) is 0 Å². The van der Waals surface area contributed by atoms with Crippen molar-refractivity contribution in [1.29, 1.82) is 0 Å². The van der Waals surface area contributed by atoms with Gasteiger partial charge in [0.25, 0.3) is 0 Å². The first-order valence-electron chi connectivity index (χ1n) is 6.14. The third-order valence-electron chi connectivity index (χ3n) is 3.05. The zero-order valence-corrected chi connectivity index (χ0v) is 11.7. The molecule has 20 heavy (non-hydrogen) atoms. The first-order chi connectivity index (χ1) is 9.63. The van der Waals surface area contributed by atoms with E-state index in [0.29, 0.717) is 11.3 Å². The Labute approximate surface area is 120 Å². The van der Waals surface area contributed by atoms with Crippen LogP contribution in [0.15, 0.2) is 41.9 Å². The third-order valence-corrected chi connectivity index (χ3v) is 3.84. The second-order valence-corrected chi connectivity index (χ2v) is 5.40. The molecule has 3 N–H and O–H groups in total. The summed E-state index contributed by atoms with van der Waals surface area (Å²) in [4.78, 5) is 15.7. The summed E-state index contributed by atoms with van der Waals surface area (Å²) in [5.74, 6) is -0.0379. The van der Waals surface area contributed by atoms with Gasteiger partial charge in [0, 0.05) is 22.6 Å². The molecular weight excluding hydrogens is 270 g/mol. The predicted molar refractivity (Wildman–Crippen MR) is 83.8 cm³/mol. The van der Waals surface area contributed by atoms with Gasteiger partial charge in [-0.3, -0.25) is 4.79 Å². The summed E-state index contributed by atoms with van der Waals surface area (Å²) in [5.41, 5.74) is 11.4. The van der Waals surface area contributed by atoms with Crippen LogP contribution in [0.4, 0.5) is 17.1 Å². The molecule has 5 heteroatoms. The molecule has 0 fully saturated rings. The molecule has 0 bridgehead atoms. The molecule has 1 aromatic heterocycles. The molecule has 3 rings (SSSR count). The minimum atomic E-state index is -0.0379. The van der Waals surface area contributed by atoms with E-state index in [1.165, 1.54) is 6.92 Å². The van der Waals surface area contributed by atoms with Crippen molar-refractivity contribution in [3.05, 3.63) is 47.5 Å². The molecular formula is C15H13N3OS. The van der Waals surface area contributed by atoms with Crippen LogP contribution in [-0.4, -0.2) is 10.8 Å². The number of nitrogens with one attached hydrogen (secondary N) is 1. The van der Waals surface area contributed by atoms with Crippen LogP contribution in [0.25, 0.3) is 10.2 Å². The smallest absolute Gasteiger partial charge is 0.161 e. The number of benzene rings is 2. The molecule has 0 unspecified atom stereocenters. The highest BCUT2D eigenvalue weighted by atomic mass is 32.1. The number of fused-ring (bicyclic) bond motifs is 1. The molecule has 0 amide bonds. The highest BCUT2D eigenvalue weighted by Crippen LogP contribution is 2.26. The number of nitrogens with zero attached hydrogens (tertiary/aromatic N) is 1. The van der Waals surface area contributed by atoms with Crippen molar-refractivity contribution in [3.8, 4) is 0 Å². The van der Waals surface area contributed by atoms with Gasteiger partial charge < -0.3 is 11.1 Å². The summed E-state index contributed by atoms with van der Waals surface area (Å²) < 4.78 is 1.12. The maximum absolute atomic E-state index is 11.5. The number of nitrogens with two attached hydrogens (primary N) is 1. The van der Waals surface area contributed by atoms with Crippen LogP contribution in [0.5, 0.6) is 0 Å². The summed E-state index contributed by atoms with van der Waals surface area (Å²) in [7, 11) is 0. The van der Waals surface area contributed by atoms with Gasteiger partial charge in [0.05, 0.1) is 15.7 Å². The summed E-state index contributed by atoms with van der Waals surface area (Å²) in [6.45, 7) is 1.51. The number of rotatable bonds is 3. The Bertz CT molecular complexity index is 795. The van der Waals surface area contributed by atoms with Crippen molar-refractivity contribution in [2.75, 3.05) is 11.1 Å². The minimum absolute atomic E-state index is 0.0379. The first-order valence-corrected chi connectivity index (χ1v) is 7.02. The van der Waals surface area contributed by atoms with Gasteiger partial charge in [0.2, 0.25) is 0 Å². The van der Waals surface area contributed by atoms with Gasteiger partial charge in [-0.05, 0) is 43.3 Å². The van der Waals surface area contributed by atoms with Crippen molar-refractivity contribution < 1.29 is 4.79 Å². The minimum Gasteiger partial charge on any atom is -0.398 e. The van der Waals surface area contributed by atoms with Gasteiger partial charge >= 0.3 is 0 Å². The SMILES string of the molecule is CC(=O)c1cc(Nc2ccc3ncsc3c2)ccc1N. The maximum atomic E-state index is 11.5. The molecule has 0 aliphatic carbocycles. The topological polar surface area (TPSA) is 68.0 Å². The number of Topliss-reactive ketones (excluding diaryl/α,β-unsaturated/α-hetero) is 1. The fourth-order valence-corrected chi connectivity index (χ4v) is 2.75. The molecule has 0 radical (unpaired) electrons. The summed E-state index contributed by atoms with van der Waals surface area (Å²) in [5, 5.41) is 3.28. The molecule has 0 saturated carbocycles. The van der Waals surface area contributed by atoms with Crippen molar-refractivity contribution >= 4 is 44.4 Å². The molecule has 100 valence electrons. The average Bonchev–Trinajstić information content (AvgIpc) is 2.88. The Morgan fingerprint density at radius 3 is 2.75 bits per heavy atom. The Morgan fingerprint density at radius 2 is 1.95 bits per heavy atom. The van der Waals surface area contributed by atoms with Gasteiger partial charge in [0.15, 0.2) is 5.78 Å². The fourth-order valence-electron chi connectivity index (χ4n) is 2.04. The van der Waals surface area contributed by atoms with Crippen LogP contribution in [-0.2, 0) is 0 Å². The van der Waals surface area contributed by atoms with Crippen LogP contribution in [0, 0.1) is 0 Å². The van der Waals surface area contributed by atoms with E-state index in [9.17, 15) is 4.79 Å². The van der Waals surface area contributed by atoms with Crippen molar-refractivity contribution in [3.63, 3.8) is 0 Å². The van der Waals surface area contributed by atoms with Crippen molar-refractivity contribution in [2.24, 2.45) is 0 Å². The molecule has 4 nitrogen and oxygen atoms in total. The van der Waals surface area contributed by atoms with Gasteiger partial charge in [-0.15, -0.1) is 11.3 Å². The Morgan fingerprint density at radius 1 is 1.20 bits per heavy atom. The number of thiazole rings is 1. The number of aromatic nitrogens is 1. The summed E-state index contributed by atoms with van der Waals surface area (Å²) >= 11 is 1.60. The number of hydrogen-bond acceptors (Lipinski definition) is 5. The van der Waals surface area contributed by atoms with E-state index in [2.05, 4.69) is 10.3 Å². The highest BCUT2D eigenvalue weighted by molar-refractivity contribution is 7.16. The van der Waals surface area contributed by atoms with E-state index in [0.717, 1.165) is 21.6 Å². The van der Waals surface area contributed by atoms with E-state index in [1.807, 2.05) is 29.8 Å². The molecule has 2 aromatic carbocycles. The Kier molecular flexibility index (Phi) is 3.12. The molecule has 0 aliphatic heterocycles. The van der Waals surface area contributed by atoms with Gasteiger partial charge in [-0.25, -0.2) is 4.98 Å². The van der Waals surface area contributed by atoms with E-state index >= 15 is 0 Å². The van der Waals surface area contributed by atoms with Crippen LogP contribution < -0.4 is 11.1 Å². The third kappa shape index (κ3) is 2.35. The lowest BCUT2D eigenvalue weighted by Gasteiger charge is -2.09. The fraction of sp³-hybridized carbons (Fsp3) is 0.0667. The molecule has 3 aromatic rings. The van der Waals surface area contributed by atoms with Crippen LogP contribution in [0.2, 0.25) is 0 Å². The number of hydrogen-bond donors (Lipinski definition) is 2. The number of nitrogen functional groups attached to an aromatic ring is 1. The monoisotopic (exact) mass is 283 g/mol. The Balaban J connectivity index is 1.94. The molecule has 0 atom stereocenters. The van der Waals surface area contributed by atoms with Gasteiger partial charge in [0.1, 0.15) is 0 Å². The number of ketones is 1. The second-order valence-electron chi connectivity index (χ2n) is 4.52. The lowest BCUT2D eigenvalue weighted by molar-refractivity contribution is 0.101. The van der Waals surface area contributed by atoms with E-state index in [4.69, 9.17) is 5.73 Å². The molecule has 0 saturated heterocycles. The lowest BCUT2D eigenvalue weighted by atomic mass is 10.1. The first kappa shape index (κ1) is 12.6.